The van der Waals surface area contributed by atoms with Crippen LogP contribution in [0.5, 0.6) is 0 Å². The van der Waals surface area contributed by atoms with Gasteiger partial charge in [0.15, 0.2) is 0 Å². The minimum Gasteiger partial charge on any atom is -0.467 e. The molecule has 1 N–H and O–H groups in total. The van der Waals surface area contributed by atoms with Crippen molar-refractivity contribution in [3.8, 4) is 0 Å². The Labute approximate surface area is 112 Å². The van der Waals surface area contributed by atoms with Gasteiger partial charge in [0.2, 0.25) is 0 Å². The molecule has 1 rings (SSSR count). The number of nitrogens with one attached hydrogen (secondary N) is 1. The smallest absolute Gasteiger partial charge is 0.328 e. The number of methoxy groups -OCH3 is 1. The maximum Gasteiger partial charge on any atom is 0.328 e. The molecule has 0 heterocycles. The summed E-state index contributed by atoms with van der Waals surface area (Å²) in [5.41, 5.74) is -0.0836. The molecule has 0 radical (unpaired) electrons. The van der Waals surface area contributed by atoms with Gasteiger partial charge in [-0.3, -0.25) is 4.79 Å². The third-order valence-corrected chi connectivity index (χ3v) is 3.07. The highest BCUT2D eigenvalue weighted by atomic mass is 19.1. The fourth-order valence-electron chi connectivity index (χ4n) is 1.66. The fourth-order valence-corrected chi connectivity index (χ4v) is 1.66. The van der Waals surface area contributed by atoms with E-state index >= 15 is 0 Å². The van der Waals surface area contributed by atoms with Gasteiger partial charge in [0, 0.05) is 0 Å². The first-order chi connectivity index (χ1) is 9.01. The summed E-state index contributed by atoms with van der Waals surface area (Å²) >= 11 is 0. The third kappa shape index (κ3) is 3.77. The zero-order valence-electron chi connectivity index (χ0n) is 11.3. The predicted molar refractivity (Wildman–Crippen MR) is 69.1 cm³/mol. The average Bonchev–Trinajstić information content (AvgIpc) is 2.43. The molecule has 19 heavy (non-hydrogen) atoms. The number of ether oxygens (including phenoxy) is 1. The Kier molecular flexibility index (Phi) is 5.48. The van der Waals surface area contributed by atoms with Crippen molar-refractivity contribution in [1.29, 1.82) is 0 Å². The van der Waals surface area contributed by atoms with Gasteiger partial charge in [-0.2, -0.15) is 0 Å². The topological polar surface area (TPSA) is 55.4 Å². The Hall–Kier alpha value is -1.91. The highest BCUT2D eigenvalue weighted by Crippen LogP contribution is 2.12. The molecule has 0 aliphatic carbocycles. The molecule has 4 nitrogen and oxygen atoms in total. The number of benzene rings is 1. The van der Waals surface area contributed by atoms with Crippen LogP contribution in [0, 0.1) is 11.7 Å². The molecule has 5 heteroatoms. The summed E-state index contributed by atoms with van der Waals surface area (Å²) in [5.74, 6) is -1.86. The summed E-state index contributed by atoms with van der Waals surface area (Å²) < 4.78 is 18.1. The fraction of sp³-hybridized carbons (Fsp3) is 0.429. The van der Waals surface area contributed by atoms with E-state index in [1.54, 1.807) is 6.07 Å². The Morgan fingerprint density at radius 2 is 2.00 bits per heavy atom. The largest absolute Gasteiger partial charge is 0.467 e. The number of rotatable bonds is 5. The van der Waals surface area contributed by atoms with Crippen LogP contribution in [0.15, 0.2) is 24.3 Å². The molecule has 0 aliphatic heterocycles. The van der Waals surface area contributed by atoms with E-state index in [1.165, 1.54) is 25.3 Å². The highest BCUT2D eigenvalue weighted by Gasteiger charge is 2.27. The molecule has 0 spiro atoms. The normalized spacial score (nSPS) is 13.5. The number of carbonyl (C=O) groups excluding carboxylic acids is 2. The van der Waals surface area contributed by atoms with Crippen molar-refractivity contribution in [3.05, 3.63) is 35.6 Å². The summed E-state index contributed by atoms with van der Waals surface area (Å²) in [6.07, 6.45) is 0.692. The Morgan fingerprint density at radius 1 is 1.37 bits per heavy atom. The van der Waals surface area contributed by atoms with Crippen molar-refractivity contribution in [2.75, 3.05) is 7.11 Å². The van der Waals surface area contributed by atoms with E-state index in [1.807, 2.05) is 13.8 Å². The molecule has 104 valence electrons. The monoisotopic (exact) mass is 267 g/mol. The summed E-state index contributed by atoms with van der Waals surface area (Å²) in [6, 6.07) is 4.86. The number of halogens is 1. The average molecular weight is 267 g/mol. The standard InChI is InChI=1S/C14H18FNO3/c1-4-9(2)12(14(18)19-3)16-13(17)10-7-5-6-8-11(10)15/h5-9,12H,4H2,1-3H3,(H,16,17)/t9-,12+/m1/s1. The Bertz CT molecular complexity index is 462. The van der Waals surface area contributed by atoms with Crippen LogP contribution in [0.25, 0.3) is 0 Å². The van der Waals surface area contributed by atoms with Crippen LogP contribution in [0.4, 0.5) is 4.39 Å². The van der Waals surface area contributed by atoms with Crippen LogP contribution in [0.3, 0.4) is 0 Å². The molecule has 1 aromatic carbocycles. The van der Waals surface area contributed by atoms with Crippen LogP contribution in [-0.2, 0) is 9.53 Å². The first-order valence-corrected chi connectivity index (χ1v) is 6.14. The third-order valence-electron chi connectivity index (χ3n) is 3.07. The van der Waals surface area contributed by atoms with E-state index < -0.39 is 23.7 Å². The van der Waals surface area contributed by atoms with Gasteiger partial charge < -0.3 is 10.1 Å². The molecule has 2 atom stereocenters. The molecule has 0 aliphatic rings. The molecule has 0 saturated carbocycles. The Morgan fingerprint density at radius 3 is 2.53 bits per heavy atom. The second kappa shape index (κ2) is 6.87. The summed E-state index contributed by atoms with van der Waals surface area (Å²) in [5, 5.41) is 2.52. The zero-order valence-corrected chi connectivity index (χ0v) is 11.3. The van der Waals surface area contributed by atoms with Gasteiger partial charge in [-0.05, 0) is 18.1 Å². The number of amides is 1. The first-order valence-electron chi connectivity index (χ1n) is 6.14. The van der Waals surface area contributed by atoms with E-state index in [-0.39, 0.29) is 11.5 Å². The second-order valence-electron chi connectivity index (χ2n) is 4.34. The lowest BCUT2D eigenvalue weighted by Crippen LogP contribution is -2.45. The van der Waals surface area contributed by atoms with Gasteiger partial charge in [0.05, 0.1) is 12.7 Å². The molecular weight excluding hydrogens is 249 g/mol. The summed E-state index contributed by atoms with van der Waals surface area (Å²) in [4.78, 5) is 23.6. The number of hydrogen-bond acceptors (Lipinski definition) is 3. The van der Waals surface area contributed by atoms with Crippen LogP contribution in [0.2, 0.25) is 0 Å². The molecule has 0 saturated heterocycles. The van der Waals surface area contributed by atoms with Gasteiger partial charge in [-0.1, -0.05) is 32.4 Å². The molecule has 1 amide bonds. The van der Waals surface area contributed by atoms with Crippen molar-refractivity contribution in [3.63, 3.8) is 0 Å². The van der Waals surface area contributed by atoms with Crippen LogP contribution in [0.1, 0.15) is 30.6 Å². The molecule has 0 unspecified atom stereocenters. The van der Waals surface area contributed by atoms with Gasteiger partial charge in [0.25, 0.3) is 5.91 Å². The van der Waals surface area contributed by atoms with E-state index in [9.17, 15) is 14.0 Å². The number of hydrogen-bond donors (Lipinski definition) is 1. The quantitative estimate of drug-likeness (QED) is 0.832. The molecule has 1 aromatic rings. The van der Waals surface area contributed by atoms with Crippen molar-refractivity contribution in [1.82, 2.24) is 5.32 Å². The predicted octanol–water partition coefficient (Wildman–Crippen LogP) is 2.14. The van der Waals surface area contributed by atoms with Crippen LogP contribution < -0.4 is 5.32 Å². The van der Waals surface area contributed by atoms with E-state index in [0.717, 1.165) is 0 Å². The summed E-state index contributed by atoms with van der Waals surface area (Å²) in [6.45, 7) is 3.72. The molecule has 0 aromatic heterocycles. The van der Waals surface area contributed by atoms with Gasteiger partial charge in [0.1, 0.15) is 11.9 Å². The molecule has 0 bridgehead atoms. The van der Waals surface area contributed by atoms with Gasteiger partial charge in [-0.25, -0.2) is 9.18 Å². The first kappa shape index (κ1) is 15.1. The van der Waals surface area contributed by atoms with E-state index in [0.29, 0.717) is 6.42 Å². The summed E-state index contributed by atoms with van der Waals surface area (Å²) in [7, 11) is 1.26. The SMILES string of the molecule is CC[C@@H](C)[C@H](NC(=O)c1ccccc1F)C(=O)OC. The maximum absolute atomic E-state index is 13.5. The van der Waals surface area contributed by atoms with Crippen LogP contribution >= 0.6 is 0 Å². The minimum absolute atomic E-state index is 0.0836. The Balaban J connectivity index is 2.88. The van der Waals surface area contributed by atoms with Gasteiger partial charge in [-0.15, -0.1) is 0 Å². The molecular formula is C14H18FNO3. The van der Waals surface area contributed by atoms with Crippen molar-refractivity contribution < 1.29 is 18.7 Å². The minimum atomic E-state index is -0.776. The van der Waals surface area contributed by atoms with E-state index in [4.69, 9.17) is 0 Å². The second-order valence-corrected chi connectivity index (χ2v) is 4.34. The number of carbonyl (C=O) groups is 2. The lowest BCUT2D eigenvalue weighted by Gasteiger charge is -2.21. The van der Waals surface area contributed by atoms with Crippen molar-refractivity contribution in [2.24, 2.45) is 5.92 Å². The highest BCUT2D eigenvalue weighted by molar-refractivity contribution is 5.97. The lowest BCUT2D eigenvalue weighted by atomic mass is 9.99. The van der Waals surface area contributed by atoms with Crippen LogP contribution in [-0.4, -0.2) is 25.0 Å². The zero-order chi connectivity index (χ0) is 14.4. The van der Waals surface area contributed by atoms with Crippen molar-refractivity contribution >= 4 is 11.9 Å². The molecule has 0 fully saturated rings. The number of esters is 1. The lowest BCUT2D eigenvalue weighted by molar-refractivity contribution is -0.144. The maximum atomic E-state index is 13.5. The van der Waals surface area contributed by atoms with E-state index in [2.05, 4.69) is 10.1 Å². The van der Waals surface area contributed by atoms with Gasteiger partial charge >= 0.3 is 5.97 Å². The van der Waals surface area contributed by atoms with Crippen molar-refractivity contribution in [2.45, 2.75) is 26.3 Å².